The van der Waals surface area contributed by atoms with Crippen molar-refractivity contribution in [2.75, 3.05) is 13.1 Å². The Balaban J connectivity index is 0.000000199. The molecular formula is C25H33N3OS. The molecule has 0 aliphatic carbocycles. The van der Waals surface area contributed by atoms with E-state index in [4.69, 9.17) is 12.2 Å². The zero-order valence-electron chi connectivity index (χ0n) is 18.4. The van der Waals surface area contributed by atoms with Crippen LogP contribution in [0.2, 0.25) is 0 Å². The van der Waals surface area contributed by atoms with Crippen molar-refractivity contribution in [1.82, 2.24) is 14.5 Å². The first-order chi connectivity index (χ1) is 14.5. The van der Waals surface area contributed by atoms with Gasteiger partial charge in [0.25, 0.3) is 0 Å². The first-order valence-electron chi connectivity index (χ1n) is 11.1. The van der Waals surface area contributed by atoms with Crippen molar-refractivity contribution in [2.45, 2.75) is 58.9 Å². The van der Waals surface area contributed by atoms with Crippen molar-refractivity contribution < 1.29 is 0 Å². The van der Waals surface area contributed by atoms with Gasteiger partial charge in [0.05, 0.1) is 16.0 Å². The summed E-state index contributed by atoms with van der Waals surface area (Å²) >= 11 is 5.21. The highest BCUT2D eigenvalue weighted by Crippen LogP contribution is 2.24. The molecule has 1 saturated heterocycles. The van der Waals surface area contributed by atoms with Gasteiger partial charge in [0, 0.05) is 19.1 Å². The van der Waals surface area contributed by atoms with Gasteiger partial charge in [-0.15, -0.1) is 0 Å². The fraction of sp³-hybridized carbons (Fsp3) is 0.440. The lowest BCUT2D eigenvalue weighted by atomic mass is 10.0. The van der Waals surface area contributed by atoms with Gasteiger partial charge in [-0.05, 0) is 55.9 Å². The highest BCUT2D eigenvalue weighted by atomic mass is 32.1. The van der Waals surface area contributed by atoms with E-state index in [0.717, 1.165) is 48.4 Å². The molecule has 2 aromatic carbocycles. The monoisotopic (exact) mass is 423 g/mol. The van der Waals surface area contributed by atoms with Crippen LogP contribution in [0, 0.1) is 0 Å². The number of aromatic nitrogens is 2. The number of nitrogens with zero attached hydrogens (tertiary/aromatic N) is 2. The molecule has 1 aromatic heterocycles. The molecule has 0 radical (unpaired) electrons. The number of rotatable bonds is 4. The number of para-hydroxylation sites is 2. The van der Waals surface area contributed by atoms with Gasteiger partial charge >= 0.3 is 5.69 Å². The van der Waals surface area contributed by atoms with Gasteiger partial charge in [0.1, 0.15) is 0 Å². The lowest BCUT2D eigenvalue weighted by Crippen LogP contribution is -2.38. The number of fused-ring (bicyclic) bond motifs is 1. The Labute approximate surface area is 184 Å². The van der Waals surface area contributed by atoms with Gasteiger partial charge in [-0.3, -0.25) is 4.57 Å². The molecule has 1 aliphatic rings. The number of nitrogens with one attached hydrogen (secondary N) is 1. The fourth-order valence-electron chi connectivity index (χ4n) is 4.11. The molecule has 4 nitrogen and oxygen atoms in total. The highest BCUT2D eigenvalue weighted by molar-refractivity contribution is 7.80. The maximum Gasteiger partial charge on any atom is 0.326 e. The Hall–Kier alpha value is -2.40. The van der Waals surface area contributed by atoms with Gasteiger partial charge in [-0.2, -0.15) is 0 Å². The van der Waals surface area contributed by atoms with Crippen LogP contribution in [0.5, 0.6) is 0 Å². The minimum Gasteiger partial charge on any atom is -0.366 e. The van der Waals surface area contributed by atoms with E-state index >= 15 is 0 Å². The maximum atomic E-state index is 12.1. The number of aryl methyl sites for hydroxylation is 2. The van der Waals surface area contributed by atoms with E-state index < -0.39 is 0 Å². The van der Waals surface area contributed by atoms with Crippen LogP contribution in [-0.4, -0.2) is 32.5 Å². The smallest absolute Gasteiger partial charge is 0.326 e. The number of H-pyrrole nitrogens is 1. The van der Waals surface area contributed by atoms with Crippen molar-refractivity contribution in [1.29, 1.82) is 0 Å². The van der Waals surface area contributed by atoms with E-state index in [9.17, 15) is 4.79 Å². The van der Waals surface area contributed by atoms with Crippen molar-refractivity contribution in [3.63, 3.8) is 0 Å². The summed E-state index contributed by atoms with van der Waals surface area (Å²) in [6, 6.07) is 17.1. The van der Waals surface area contributed by atoms with Crippen LogP contribution in [0.25, 0.3) is 11.0 Å². The minimum atomic E-state index is -0.00118. The Morgan fingerprint density at radius 3 is 2.27 bits per heavy atom. The quantitative estimate of drug-likeness (QED) is 0.562. The molecule has 30 heavy (non-hydrogen) atoms. The number of benzene rings is 2. The normalized spacial score (nSPS) is 14.4. The van der Waals surface area contributed by atoms with E-state index in [-0.39, 0.29) is 11.7 Å². The Bertz CT molecular complexity index is 1010. The highest BCUT2D eigenvalue weighted by Gasteiger charge is 2.23. The Morgan fingerprint density at radius 1 is 1.03 bits per heavy atom. The third-order valence-electron chi connectivity index (χ3n) is 5.87. The molecule has 3 aromatic rings. The standard InChI is InChI=1S/C14H17N3OS.C11H16/c1-10(19)16-8-6-11(7-9-16)17-13-5-3-2-4-12(13)15-14(17)18;1-3-5-11-8-6-10(4-2)7-9-11/h2-5,11H,6-9H2,1H3,(H,15,18);6-9H,3-5H2,1-2H3. The molecular weight excluding hydrogens is 390 g/mol. The van der Waals surface area contributed by atoms with Crippen molar-refractivity contribution >= 4 is 28.2 Å². The first kappa shape index (κ1) is 22.3. The molecule has 0 atom stereocenters. The van der Waals surface area contributed by atoms with Crippen LogP contribution in [0.3, 0.4) is 0 Å². The lowest BCUT2D eigenvalue weighted by molar-refractivity contribution is 0.269. The Kier molecular flexibility index (Phi) is 7.86. The number of likely N-dealkylation sites (tertiary alicyclic amines) is 1. The number of aromatic amines is 1. The van der Waals surface area contributed by atoms with Crippen molar-refractivity contribution in [2.24, 2.45) is 0 Å². The van der Waals surface area contributed by atoms with Crippen LogP contribution >= 0.6 is 12.2 Å². The zero-order valence-corrected chi connectivity index (χ0v) is 19.2. The van der Waals surface area contributed by atoms with Crippen LogP contribution in [0.4, 0.5) is 0 Å². The molecule has 1 N–H and O–H groups in total. The Morgan fingerprint density at radius 2 is 1.67 bits per heavy atom. The van der Waals surface area contributed by atoms with E-state index in [0.29, 0.717) is 0 Å². The topological polar surface area (TPSA) is 41.0 Å². The summed E-state index contributed by atoms with van der Waals surface area (Å²) in [5, 5.41) is 0. The number of piperidine rings is 1. The molecule has 5 heteroatoms. The van der Waals surface area contributed by atoms with Crippen LogP contribution in [0.1, 0.15) is 57.2 Å². The molecule has 1 aliphatic heterocycles. The van der Waals surface area contributed by atoms with E-state index in [1.165, 1.54) is 24.0 Å². The average Bonchev–Trinajstić information content (AvgIpc) is 3.10. The third-order valence-corrected chi connectivity index (χ3v) is 6.13. The van der Waals surface area contributed by atoms with Crippen molar-refractivity contribution in [3.8, 4) is 0 Å². The minimum absolute atomic E-state index is 0.00118. The second-order valence-electron chi connectivity index (χ2n) is 7.97. The van der Waals surface area contributed by atoms with Crippen LogP contribution in [0.15, 0.2) is 53.3 Å². The van der Waals surface area contributed by atoms with Gasteiger partial charge in [-0.1, -0.05) is 68.9 Å². The van der Waals surface area contributed by atoms with Crippen LogP contribution in [-0.2, 0) is 12.8 Å². The van der Waals surface area contributed by atoms with Crippen molar-refractivity contribution in [3.05, 3.63) is 70.1 Å². The molecule has 1 fully saturated rings. The number of hydrogen-bond donors (Lipinski definition) is 1. The molecule has 0 saturated carbocycles. The fourth-order valence-corrected chi connectivity index (χ4v) is 4.29. The SMILES string of the molecule is CC(=S)N1CCC(n2c(=O)[nH]c3ccccc32)CC1.CCCc1ccc(CC)cc1. The predicted molar refractivity (Wildman–Crippen MR) is 130 cm³/mol. The molecule has 160 valence electrons. The summed E-state index contributed by atoms with van der Waals surface area (Å²) in [4.78, 5) is 18.2. The van der Waals surface area contributed by atoms with Gasteiger partial charge in [0.15, 0.2) is 0 Å². The average molecular weight is 424 g/mol. The molecule has 0 amide bonds. The van der Waals surface area contributed by atoms with E-state index in [1.807, 2.05) is 35.8 Å². The van der Waals surface area contributed by atoms with Gasteiger partial charge < -0.3 is 9.88 Å². The van der Waals surface area contributed by atoms with E-state index in [2.05, 4.69) is 48.0 Å². The summed E-state index contributed by atoms with van der Waals surface area (Å²) in [6.07, 6.45) is 5.54. The molecule has 0 spiro atoms. The molecule has 0 bridgehead atoms. The number of imidazole rings is 1. The molecule has 4 rings (SSSR count). The maximum absolute atomic E-state index is 12.1. The third kappa shape index (κ3) is 5.39. The zero-order chi connectivity index (χ0) is 21.5. The number of thiocarbonyl (C=S) groups is 1. The summed E-state index contributed by atoms with van der Waals surface area (Å²) in [6.45, 7) is 8.24. The van der Waals surface area contributed by atoms with Crippen LogP contribution < -0.4 is 5.69 Å². The number of hydrogen-bond acceptors (Lipinski definition) is 2. The second kappa shape index (κ2) is 10.6. The van der Waals surface area contributed by atoms with E-state index in [1.54, 1.807) is 0 Å². The molecule has 2 heterocycles. The summed E-state index contributed by atoms with van der Waals surface area (Å²) in [5.41, 5.74) is 4.82. The first-order valence-corrected chi connectivity index (χ1v) is 11.5. The largest absolute Gasteiger partial charge is 0.366 e. The lowest BCUT2D eigenvalue weighted by Gasteiger charge is -2.33. The molecule has 0 unspecified atom stereocenters. The summed E-state index contributed by atoms with van der Waals surface area (Å²) in [5.74, 6) is 0. The predicted octanol–water partition coefficient (Wildman–Crippen LogP) is 5.52. The second-order valence-corrected chi connectivity index (χ2v) is 8.57. The summed E-state index contributed by atoms with van der Waals surface area (Å²) in [7, 11) is 0. The van der Waals surface area contributed by atoms with Gasteiger partial charge in [0.2, 0.25) is 0 Å². The van der Waals surface area contributed by atoms with Gasteiger partial charge in [-0.25, -0.2) is 4.79 Å². The summed E-state index contributed by atoms with van der Waals surface area (Å²) < 4.78 is 1.91.